The van der Waals surface area contributed by atoms with Crippen molar-refractivity contribution in [1.29, 1.82) is 5.26 Å². The van der Waals surface area contributed by atoms with Crippen LogP contribution in [0.3, 0.4) is 0 Å². The van der Waals surface area contributed by atoms with Crippen LogP contribution in [0, 0.1) is 27.4 Å². The second kappa shape index (κ2) is 12.5. The topological polar surface area (TPSA) is 113 Å². The van der Waals surface area contributed by atoms with E-state index in [1.54, 1.807) is 26.4 Å². The van der Waals surface area contributed by atoms with Crippen LogP contribution < -0.4 is 23.7 Å². The fraction of sp³-hybridized carbons (Fsp3) is 0.536. The molecule has 200 valence electrons. The summed E-state index contributed by atoms with van der Waals surface area (Å²) in [6.45, 7) is 4.12. The van der Waals surface area contributed by atoms with Gasteiger partial charge in [-0.05, 0) is 48.6 Å². The second-order valence-electron chi connectivity index (χ2n) is 9.19. The minimum atomic E-state index is -0.881. The van der Waals surface area contributed by atoms with Crippen molar-refractivity contribution in [2.24, 2.45) is 5.92 Å². The lowest BCUT2D eigenvalue weighted by Gasteiger charge is -2.35. The van der Waals surface area contributed by atoms with Gasteiger partial charge in [0.1, 0.15) is 0 Å². The molecule has 9 nitrogen and oxygen atoms in total. The van der Waals surface area contributed by atoms with Crippen molar-refractivity contribution in [3.63, 3.8) is 0 Å². The predicted molar refractivity (Wildman–Crippen MR) is 138 cm³/mol. The van der Waals surface area contributed by atoms with Crippen LogP contribution in [0.4, 0.5) is 0 Å². The van der Waals surface area contributed by atoms with Gasteiger partial charge in [0, 0.05) is 11.3 Å². The molecule has 2 atom stereocenters. The molecule has 0 saturated heterocycles. The summed E-state index contributed by atoms with van der Waals surface area (Å²) in [5.74, 6) is 2.62. The Hall–Kier alpha value is -3.67. The Labute approximate surface area is 218 Å². The average Bonchev–Trinajstić information content (AvgIpc) is 3.33. The lowest BCUT2D eigenvalue weighted by Crippen LogP contribution is -2.35. The molecule has 0 aliphatic carbocycles. The molecular weight excluding hydrogens is 476 g/mol. The number of ether oxygens (including phenoxy) is 5. The number of methoxy groups -OCH3 is 3. The molecule has 2 aromatic rings. The minimum Gasteiger partial charge on any atom is -0.493 e. The predicted octanol–water partition coefficient (Wildman–Crippen LogP) is 5.91. The third kappa shape index (κ3) is 5.85. The SMILES string of the molecule is CCC(CC)C(C#N)(CCCC(CC1Oc2ccccc2O1)[N+](=O)[O-])c1cc(OC)c(OC)c(OC)c1. The Morgan fingerprint density at radius 3 is 2.05 bits per heavy atom. The van der Waals surface area contributed by atoms with E-state index in [4.69, 9.17) is 23.7 Å². The first-order valence-corrected chi connectivity index (χ1v) is 12.6. The lowest BCUT2D eigenvalue weighted by molar-refractivity contribution is -0.527. The molecule has 0 fully saturated rings. The molecule has 37 heavy (non-hydrogen) atoms. The molecule has 0 aromatic heterocycles. The van der Waals surface area contributed by atoms with Crippen LogP contribution in [-0.4, -0.2) is 38.6 Å². The van der Waals surface area contributed by atoms with E-state index < -0.39 is 17.7 Å². The number of para-hydroxylation sites is 2. The van der Waals surface area contributed by atoms with Gasteiger partial charge < -0.3 is 23.7 Å². The summed E-state index contributed by atoms with van der Waals surface area (Å²) in [4.78, 5) is 11.6. The normalized spacial score (nSPS) is 15.1. The summed E-state index contributed by atoms with van der Waals surface area (Å²) in [5, 5.41) is 22.5. The Morgan fingerprint density at radius 2 is 1.62 bits per heavy atom. The molecule has 0 N–H and O–H groups in total. The van der Waals surface area contributed by atoms with Crippen LogP contribution in [0.5, 0.6) is 28.7 Å². The van der Waals surface area contributed by atoms with E-state index in [0.717, 1.165) is 18.4 Å². The van der Waals surface area contributed by atoms with Crippen molar-refractivity contribution < 1.29 is 28.6 Å². The van der Waals surface area contributed by atoms with Crippen LogP contribution in [0.1, 0.15) is 57.9 Å². The van der Waals surface area contributed by atoms with E-state index in [9.17, 15) is 15.4 Å². The van der Waals surface area contributed by atoms with Gasteiger partial charge in [0.25, 0.3) is 0 Å². The first-order valence-electron chi connectivity index (χ1n) is 12.6. The molecule has 2 unspecified atom stereocenters. The highest BCUT2D eigenvalue weighted by molar-refractivity contribution is 5.56. The van der Waals surface area contributed by atoms with Crippen LogP contribution in [0.25, 0.3) is 0 Å². The molecule has 3 rings (SSSR count). The van der Waals surface area contributed by atoms with Crippen LogP contribution in [-0.2, 0) is 5.41 Å². The van der Waals surface area contributed by atoms with Gasteiger partial charge in [0.15, 0.2) is 23.0 Å². The minimum absolute atomic E-state index is 0.0327. The first-order chi connectivity index (χ1) is 17.9. The number of hydrogen-bond acceptors (Lipinski definition) is 8. The summed E-state index contributed by atoms with van der Waals surface area (Å²) in [6, 6.07) is 12.6. The summed E-state index contributed by atoms with van der Waals surface area (Å²) in [6.07, 6.45) is 2.19. The van der Waals surface area contributed by atoms with Crippen molar-refractivity contribution >= 4 is 0 Å². The van der Waals surface area contributed by atoms with Crippen LogP contribution >= 0.6 is 0 Å². The molecule has 0 radical (unpaired) electrons. The highest BCUT2D eigenvalue weighted by atomic mass is 16.7. The lowest BCUT2D eigenvalue weighted by atomic mass is 9.66. The molecule has 1 aliphatic rings. The second-order valence-corrected chi connectivity index (χ2v) is 9.19. The molecular formula is C28H36N2O7. The quantitative estimate of drug-likeness (QED) is 0.227. The molecule has 0 saturated carbocycles. The fourth-order valence-electron chi connectivity index (χ4n) is 5.32. The van der Waals surface area contributed by atoms with Gasteiger partial charge in [-0.25, -0.2) is 0 Å². The fourth-order valence-corrected chi connectivity index (χ4v) is 5.32. The Kier molecular flexibility index (Phi) is 9.45. The summed E-state index contributed by atoms with van der Waals surface area (Å²) in [5.41, 5.74) is -0.123. The van der Waals surface area contributed by atoms with E-state index in [-0.39, 0.29) is 17.3 Å². The van der Waals surface area contributed by atoms with Gasteiger partial charge in [-0.1, -0.05) is 38.8 Å². The number of nitrogens with zero attached hydrogens (tertiary/aromatic N) is 2. The summed E-state index contributed by atoms with van der Waals surface area (Å²) >= 11 is 0. The van der Waals surface area contributed by atoms with Gasteiger partial charge in [0.05, 0.1) is 39.2 Å². The number of fused-ring (bicyclic) bond motifs is 1. The zero-order valence-electron chi connectivity index (χ0n) is 22.2. The van der Waals surface area contributed by atoms with Crippen molar-refractivity contribution in [1.82, 2.24) is 0 Å². The standard InChI is InChI=1S/C28H36N2O7/c1-6-19(7-2)28(18-29,20-15-24(33-3)27(35-5)25(16-20)34-4)14-10-11-21(30(31)32)17-26-36-22-12-8-9-13-23(22)37-26/h8-9,12-13,15-16,19,21,26H,6-7,10-11,14,17H2,1-5H3. The van der Waals surface area contributed by atoms with E-state index >= 15 is 0 Å². The third-order valence-corrected chi connectivity index (χ3v) is 7.30. The Morgan fingerprint density at radius 1 is 1.05 bits per heavy atom. The molecule has 1 aliphatic heterocycles. The van der Waals surface area contributed by atoms with E-state index in [2.05, 4.69) is 19.9 Å². The summed E-state index contributed by atoms with van der Waals surface area (Å²) in [7, 11) is 4.62. The van der Waals surface area contributed by atoms with Crippen LogP contribution in [0.2, 0.25) is 0 Å². The van der Waals surface area contributed by atoms with E-state index in [0.29, 0.717) is 48.0 Å². The van der Waals surface area contributed by atoms with Gasteiger partial charge in [-0.15, -0.1) is 0 Å². The highest BCUT2D eigenvalue weighted by Crippen LogP contribution is 2.47. The van der Waals surface area contributed by atoms with Gasteiger partial charge in [-0.3, -0.25) is 10.1 Å². The van der Waals surface area contributed by atoms with Crippen molar-refractivity contribution in [2.45, 2.75) is 70.1 Å². The average molecular weight is 513 g/mol. The maximum Gasteiger partial charge on any atom is 0.248 e. The van der Waals surface area contributed by atoms with Crippen LogP contribution in [0.15, 0.2) is 36.4 Å². The number of hydrogen-bond donors (Lipinski definition) is 0. The molecule has 0 amide bonds. The van der Waals surface area contributed by atoms with E-state index in [1.807, 2.05) is 24.3 Å². The number of rotatable bonds is 14. The maximum absolute atomic E-state index is 11.9. The van der Waals surface area contributed by atoms with Gasteiger partial charge >= 0.3 is 0 Å². The smallest absolute Gasteiger partial charge is 0.248 e. The Balaban J connectivity index is 1.83. The number of benzene rings is 2. The molecule has 0 spiro atoms. The first kappa shape index (κ1) is 27.9. The van der Waals surface area contributed by atoms with Gasteiger partial charge in [0.2, 0.25) is 18.1 Å². The summed E-state index contributed by atoms with van der Waals surface area (Å²) < 4.78 is 28.1. The third-order valence-electron chi connectivity index (χ3n) is 7.30. The van der Waals surface area contributed by atoms with Crippen molar-refractivity contribution in [3.05, 3.63) is 52.1 Å². The van der Waals surface area contributed by atoms with Gasteiger partial charge in [-0.2, -0.15) is 5.26 Å². The molecule has 0 bridgehead atoms. The molecule has 2 aromatic carbocycles. The zero-order chi connectivity index (χ0) is 27.0. The largest absolute Gasteiger partial charge is 0.493 e. The Bertz CT molecular complexity index is 1060. The zero-order valence-corrected chi connectivity index (χ0v) is 22.2. The molecule has 9 heteroatoms. The monoisotopic (exact) mass is 512 g/mol. The number of nitriles is 1. The highest BCUT2D eigenvalue weighted by Gasteiger charge is 2.41. The van der Waals surface area contributed by atoms with Crippen molar-refractivity contribution in [2.75, 3.05) is 21.3 Å². The van der Waals surface area contributed by atoms with E-state index in [1.165, 1.54) is 7.11 Å². The van der Waals surface area contributed by atoms with Crippen molar-refractivity contribution in [3.8, 4) is 34.8 Å². The molecule has 1 heterocycles. The number of nitro groups is 1. The maximum atomic E-state index is 11.9.